The van der Waals surface area contributed by atoms with Crippen molar-refractivity contribution in [2.45, 2.75) is 18.3 Å². The van der Waals surface area contributed by atoms with Crippen molar-refractivity contribution in [3.63, 3.8) is 0 Å². The van der Waals surface area contributed by atoms with E-state index in [1.165, 1.54) is 18.1 Å². The minimum atomic E-state index is -0.745. The van der Waals surface area contributed by atoms with Crippen LogP contribution in [0.4, 0.5) is 11.8 Å². The molecule has 0 saturated carbocycles. The average Bonchev–Trinajstić information content (AvgIpc) is 2.85. The van der Waals surface area contributed by atoms with Crippen molar-refractivity contribution in [1.29, 1.82) is 0 Å². The number of nitrogens with zero attached hydrogens (tertiary/aromatic N) is 3. The maximum atomic E-state index is 13.5. The number of hydrogen-bond acceptors (Lipinski definition) is 8. The fraction of sp³-hybridized carbons (Fsp3) is 0.261. The highest BCUT2D eigenvalue weighted by Crippen LogP contribution is 2.37. The number of ether oxygens (including phenoxy) is 1. The molecule has 4 rings (SSSR count). The smallest absolute Gasteiger partial charge is 0.262 e. The first kappa shape index (κ1) is 22.7. The lowest BCUT2D eigenvalue weighted by Gasteiger charge is -2.36. The van der Waals surface area contributed by atoms with E-state index in [1.807, 2.05) is 24.3 Å². The van der Waals surface area contributed by atoms with E-state index in [0.717, 1.165) is 16.7 Å². The molecule has 2 aromatic heterocycles. The van der Waals surface area contributed by atoms with Gasteiger partial charge < -0.3 is 15.8 Å². The summed E-state index contributed by atoms with van der Waals surface area (Å²) in [7, 11) is 0. The van der Waals surface area contributed by atoms with Crippen LogP contribution < -0.4 is 15.8 Å². The second-order valence-electron chi connectivity index (χ2n) is 7.62. The van der Waals surface area contributed by atoms with Crippen LogP contribution in [0.5, 0.6) is 0 Å². The molecule has 170 valence electrons. The summed E-state index contributed by atoms with van der Waals surface area (Å²) < 4.78 is 8.19. The first-order chi connectivity index (χ1) is 16.0. The van der Waals surface area contributed by atoms with Gasteiger partial charge in [0.1, 0.15) is 5.82 Å². The Bertz CT molecular complexity index is 1110. The number of hydrogen-bond donors (Lipinski definition) is 3. The Morgan fingerprint density at radius 2 is 1.67 bits per heavy atom. The van der Waals surface area contributed by atoms with E-state index in [4.69, 9.17) is 10.5 Å². The molecular formula is C23H24N6O3S. The Morgan fingerprint density at radius 3 is 2.27 bits per heavy atom. The van der Waals surface area contributed by atoms with E-state index in [0.29, 0.717) is 37.4 Å². The van der Waals surface area contributed by atoms with E-state index in [2.05, 4.69) is 25.0 Å². The molecule has 1 saturated heterocycles. The highest BCUT2D eigenvalue weighted by molar-refractivity contribution is 7.97. The molecule has 0 radical (unpaired) electrons. The van der Waals surface area contributed by atoms with Crippen molar-refractivity contribution >= 4 is 35.5 Å². The highest BCUT2D eigenvalue weighted by atomic mass is 32.2. The molecular weight excluding hydrogens is 440 g/mol. The molecule has 1 fully saturated rings. The summed E-state index contributed by atoms with van der Waals surface area (Å²) in [5.74, 6) is 0.227. The third-order valence-electron chi connectivity index (χ3n) is 5.69. The van der Waals surface area contributed by atoms with E-state index >= 15 is 0 Å². The van der Waals surface area contributed by atoms with Gasteiger partial charge in [-0.2, -0.15) is 0 Å². The third kappa shape index (κ3) is 4.96. The van der Waals surface area contributed by atoms with Crippen molar-refractivity contribution < 1.29 is 14.3 Å². The lowest BCUT2D eigenvalue weighted by atomic mass is 9.73. The Hall–Kier alpha value is -3.50. The number of benzene rings is 1. The van der Waals surface area contributed by atoms with E-state index in [9.17, 15) is 9.59 Å². The number of carbonyl (C=O) groups excluding carboxylic acids is 2. The summed E-state index contributed by atoms with van der Waals surface area (Å²) in [4.78, 5) is 37.7. The fourth-order valence-corrected chi connectivity index (χ4v) is 4.13. The molecule has 1 aliphatic heterocycles. The molecule has 0 unspecified atom stereocenters. The third-order valence-corrected chi connectivity index (χ3v) is 6.08. The lowest BCUT2D eigenvalue weighted by molar-refractivity contribution is -0.125. The number of amides is 2. The summed E-state index contributed by atoms with van der Waals surface area (Å²) in [5.41, 5.74) is 7.93. The molecule has 0 spiro atoms. The summed E-state index contributed by atoms with van der Waals surface area (Å²) in [6.07, 6.45) is 7.66. The summed E-state index contributed by atoms with van der Waals surface area (Å²) in [5, 5.41) is 2.93. The normalized spacial score (nSPS) is 14.9. The molecule has 4 N–H and O–H groups in total. The molecule has 2 amide bonds. The van der Waals surface area contributed by atoms with E-state index in [-0.39, 0.29) is 17.8 Å². The quantitative estimate of drug-likeness (QED) is 0.475. The maximum absolute atomic E-state index is 13.5. The Balaban J connectivity index is 1.56. The van der Waals surface area contributed by atoms with Crippen molar-refractivity contribution in [2.24, 2.45) is 0 Å². The topological polar surface area (TPSA) is 132 Å². The van der Waals surface area contributed by atoms with Gasteiger partial charge in [-0.15, -0.1) is 0 Å². The van der Waals surface area contributed by atoms with Crippen LogP contribution in [-0.2, 0) is 14.9 Å². The number of nitrogens with two attached hydrogens (primary N) is 1. The molecule has 0 atom stereocenters. The zero-order chi connectivity index (χ0) is 23.3. The predicted octanol–water partition coefficient (Wildman–Crippen LogP) is 2.82. The van der Waals surface area contributed by atoms with E-state index in [1.54, 1.807) is 30.8 Å². The van der Waals surface area contributed by atoms with Crippen molar-refractivity contribution in [2.75, 3.05) is 30.5 Å². The van der Waals surface area contributed by atoms with Crippen LogP contribution >= 0.6 is 11.9 Å². The van der Waals surface area contributed by atoms with Gasteiger partial charge in [-0.25, -0.2) is 15.0 Å². The van der Waals surface area contributed by atoms with Gasteiger partial charge in [0.15, 0.2) is 0 Å². The molecule has 9 nitrogen and oxygen atoms in total. The molecule has 3 heterocycles. The van der Waals surface area contributed by atoms with Crippen molar-refractivity contribution in [1.82, 2.24) is 19.7 Å². The van der Waals surface area contributed by atoms with Gasteiger partial charge in [-0.05, 0) is 36.1 Å². The maximum Gasteiger partial charge on any atom is 0.262 e. The Kier molecular flexibility index (Phi) is 6.85. The minimum absolute atomic E-state index is 0.150. The number of carbonyl (C=O) groups is 2. The largest absolute Gasteiger partial charge is 0.381 e. The van der Waals surface area contributed by atoms with Gasteiger partial charge in [0.2, 0.25) is 11.9 Å². The molecule has 0 aliphatic carbocycles. The van der Waals surface area contributed by atoms with Crippen LogP contribution in [0, 0.1) is 0 Å². The number of nitrogen functional groups attached to an aromatic ring is 1. The van der Waals surface area contributed by atoms with Gasteiger partial charge in [0, 0.05) is 43.6 Å². The van der Waals surface area contributed by atoms with E-state index < -0.39 is 5.41 Å². The van der Waals surface area contributed by atoms with Crippen LogP contribution in [0.2, 0.25) is 0 Å². The van der Waals surface area contributed by atoms with Crippen molar-refractivity contribution in [3.8, 4) is 11.1 Å². The van der Waals surface area contributed by atoms with Crippen LogP contribution in [0.3, 0.4) is 0 Å². The van der Waals surface area contributed by atoms with Crippen LogP contribution in [-0.4, -0.2) is 46.2 Å². The van der Waals surface area contributed by atoms with Gasteiger partial charge >= 0.3 is 0 Å². The van der Waals surface area contributed by atoms with Crippen LogP contribution in [0.25, 0.3) is 11.1 Å². The number of nitrogens with one attached hydrogen (secondary N) is 2. The summed E-state index contributed by atoms with van der Waals surface area (Å²) in [6.45, 7) is 0.977. The van der Waals surface area contributed by atoms with Gasteiger partial charge in [0.05, 0.1) is 11.0 Å². The monoisotopic (exact) mass is 464 g/mol. The number of pyridine rings is 1. The van der Waals surface area contributed by atoms with Gasteiger partial charge in [-0.1, -0.05) is 36.2 Å². The molecule has 0 bridgehead atoms. The summed E-state index contributed by atoms with van der Waals surface area (Å²) >= 11 is 1.21. The Labute approximate surface area is 195 Å². The standard InChI is InChI=1S/C23H24N6O3S/c1-33-29-20(30)16-4-7-19(25-12-16)28-21(31)23(8-10-32-11-9-23)18-5-2-15(3-6-18)17-13-26-22(24)27-14-17/h2-7,12-14H,8-11H2,1H3,(H,29,30)(H2,24,26,27)(H,25,28,31). The van der Waals surface area contributed by atoms with Gasteiger partial charge in [0.25, 0.3) is 5.91 Å². The lowest BCUT2D eigenvalue weighted by Crippen LogP contribution is -2.45. The average molecular weight is 465 g/mol. The minimum Gasteiger partial charge on any atom is -0.381 e. The van der Waals surface area contributed by atoms with Crippen LogP contribution in [0.15, 0.2) is 55.0 Å². The second kappa shape index (κ2) is 9.97. The number of aromatic nitrogens is 3. The molecule has 1 aliphatic rings. The second-order valence-corrected chi connectivity index (χ2v) is 8.24. The number of anilines is 2. The first-order valence-corrected chi connectivity index (χ1v) is 11.6. The first-order valence-electron chi connectivity index (χ1n) is 10.4. The van der Waals surface area contributed by atoms with Gasteiger partial charge in [-0.3, -0.25) is 14.3 Å². The molecule has 33 heavy (non-hydrogen) atoms. The molecule has 1 aromatic carbocycles. The van der Waals surface area contributed by atoms with Crippen LogP contribution in [0.1, 0.15) is 28.8 Å². The Morgan fingerprint density at radius 1 is 0.970 bits per heavy atom. The zero-order valence-electron chi connectivity index (χ0n) is 18.1. The molecule has 3 aromatic rings. The zero-order valence-corrected chi connectivity index (χ0v) is 18.9. The molecule has 10 heteroatoms. The highest BCUT2D eigenvalue weighted by Gasteiger charge is 2.42. The number of rotatable bonds is 6. The fourth-order valence-electron chi connectivity index (χ4n) is 3.83. The predicted molar refractivity (Wildman–Crippen MR) is 127 cm³/mol. The van der Waals surface area contributed by atoms with Crippen molar-refractivity contribution in [3.05, 3.63) is 66.1 Å². The SMILES string of the molecule is CSNC(=O)c1ccc(NC(=O)C2(c3ccc(-c4cnc(N)nc4)cc3)CCOCC2)nc1. The summed E-state index contributed by atoms with van der Waals surface area (Å²) in [6, 6.07) is 11.1.